The lowest BCUT2D eigenvalue weighted by Crippen LogP contribution is -2.49. The third kappa shape index (κ3) is 6.41. The highest BCUT2D eigenvalue weighted by Crippen LogP contribution is 2.13. The molecule has 2 rings (SSSR count). The Bertz CT molecular complexity index is 622. The van der Waals surface area contributed by atoms with Crippen LogP contribution in [0, 0.1) is 11.6 Å². The van der Waals surface area contributed by atoms with Crippen LogP contribution in [0.5, 0.6) is 0 Å². The SMILES string of the molecule is C=C(C)CN1CCC(NC(=NCCc2cccc(F)c2F)NCC)CC1. The highest BCUT2D eigenvalue weighted by atomic mass is 19.2. The molecule has 0 amide bonds. The Hall–Kier alpha value is -1.95. The van der Waals surface area contributed by atoms with E-state index in [4.69, 9.17) is 0 Å². The van der Waals surface area contributed by atoms with Crippen molar-refractivity contribution in [2.24, 2.45) is 4.99 Å². The number of piperidine rings is 1. The van der Waals surface area contributed by atoms with Gasteiger partial charge in [0.2, 0.25) is 0 Å². The van der Waals surface area contributed by atoms with Crippen LogP contribution in [0.1, 0.15) is 32.3 Å². The van der Waals surface area contributed by atoms with Gasteiger partial charge in [0.15, 0.2) is 17.6 Å². The van der Waals surface area contributed by atoms with E-state index in [1.807, 2.05) is 6.92 Å². The van der Waals surface area contributed by atoms with Crippen LogP contribution < -0.4 is 10.6 Å². The maximum Gasteiger partial charge on any atom is 0.191 e. The average molecular weight is 364 g/mol. The van der Waals surface area contributed by atoms with Gasteiger partial charge in [-0.15, -0.1) is 0 Å². The third-order valence-corrected chi connectivity index (χ3v) is 4.45. The van der Waals surface area contributed by atoms with Gasteiger partial charge in [0.25, 0.3) is 0 Å². The van der Waals surface area contributed by atoms with E-state index in [2.05, 4.69) is 34.0 Å². The summed E-state index contributed by atoms with van der Waals surface area (Å²) in [5.41, 5.74) is 1.55. The van der Waals surface area contributed by atoms with Gasteiger partial charge in [0.1, 0.15) is 0 Å². The molecule has 0 aliphatic carbocycles. The van der Waals surface area contributed by atoms with Crippen molar-refractivity contribution in [1.82, 2.24) is 15.5 Å². The Morgan fingerprint density at radius 3 is 2.69 bits per heavy atom. The van der Waals surface area contributed by atoms with Gasteiger partial charge in [0, 0.05) is 38.8 Å². The number of rotatable bonds is 7. The van der Waals surface area contributed by atoms with Gasteiger partial charge in [-0.1, -0.05) is 24.3 Å². The summed E-state index contributed by atoms with van der Waals surface area (Å²) in [7, 11) is 0. The van der Waals surface area contributed by atoms with E-state index >= 15 is 0 Å². The Morgan fingerprint density at radius 1 is 1.31 bits per heavy atom. The van der Waals surface area contributed by atoms with Crippen LogP contribution in [0.3, 0.4) is 0 Å². The maximum atomic E-state index is 13.7. The minimum absolute atomic E-state index is 0.359. The first-order valence-corrected chi connectivity index (χ1v) is 9.34. The number of nitrogens with zero attached hydrogens (tertiary/aromatic N) is 2. The number of guanidine groups is 1. The van der Waals surface area contributed by atoms with Gasteiger partial charge in [-0.3, -0.25) is 9.89 Å². The first-order valence-electron chi connectivity index (χ1n) is 9.34. The molecule has 2 N–H and O–H groups in total. The zero-order valence-corrected chi connectivity index (χ0v) is 15.8. The standard InChI is InChI=1S/C20H30F2N4/c1-4-23-20(24-11-8-16-6-5-7-18(21)19(16)22)25-17-9-12-26(13-10-17)14-15(2)3/h5-7,17H,2,4,8-14H2,1,3H3,(H2,23,24,25). The molecule has 0 saturated carbocycles. The number of likely N-dealkylation sites (tertiary alicyclic amines) is 1. The van der Waals surface area contributed by atoms with Crippen LogP contribution in [-0.4, -0.2) is 49.6 Å². The van der Waals surface area contributed by atoms with Gasteiger partial charge >= 0.3 is 0 Å². The van der Waals surface area contributed by atoms with Crippen molar-refractivity contribution < 1.29 is 8.78 Å². The summed E-state index contributed by atoms with van der Waals surface area (Å²) in [4.78, 5) is 6.93. The van der Waals surface area contributed by atoms with E-state index in [1.54, 1.807) is 6.07 Å². The Kier molecular flexibility index (Phi) is 8.04. The van der Waals surface area contributed by atoms with Crippen LogP contribution in [-0.2, 0) is 6.42 Å². The first-order chi connectivity index (χ1) is 12.5. The molecule has 26 heavy (non-hydrogen) atoms. The predicted molar refractivity (Wildman–Crippen MR) is 103 cm³/mol. The van der Waals surface area contributed by atoms with Crippen molar-refractivity contribution >= 4 is 5.96 Å². The Balaban J connectivity index is 1.85. The smallest absolute Gasteiger partial charge is 0.191 e. The molecule has 0 bridgehead atoms. The van der Waals surface area contributed by atoms with Gasteiger partial charge in [-0.2, -0.15) is 0 Å². The quantitative estimate of drug-likeness (QED) is 0.444. The molecule has 0 spiro atoms. The number of hydrogen-bond donors (Lipinski definition) is 2. The summed E-state index contributed by atoms with van der Waals surface area (Å²) in [6, 6.07) is 4.64. The fourth-order valence-corrected chi connectivity index (χ4v) is 3.16. The zero-order chi connectivity index (χ0) is 18.9. The highest BCUT2D eigenvalue weighted by molar-refractivity contribution is 5.80. The minimum Gasteiger partial charge on any atom is -0.357 e. The molecular weight excluding hydrogens is 334 g/mol. The van der Waals surface area contributed by atoms with Gasteiger partial charge in [-0.25, -0.2) is 8.78 Å². The molecule has 1 aliphatic heterocycles. The number of aliphatic imine (C=N–C) groups is 1. The Labute approximate surface area is 155 Å². The van der Waals surface area contributed by atoms with Crippen molar-refractivity contribution in [3.63, 3.8) is 0 Å². The zero-order valence-electron chi connectivity index (χ0n) is 15.8. The molecule has 0 aromatic heterocycles. The second kappa shape index (κ2) is 10.3. The molecule has 144 valence electrons. The van der Waals surface area contributed by atoms with Crippen LogP contribution in [0.25, 0.3) is 0 Å². The fourth-order valence-electron chi connectivity index (χ4n) is 3.16. The fraction of sp³-hybridized carbons (Fsp3) is 0.550. The third-order valence-electron chi connectivity index (χ3n) is 4.45. The van der Waals surface area contributed by atoms with Gasteiger partial charge in [0.05, 0.1) is 0 Å². The van der Waals surface area contributed by atoms with Crippen LogP contribution in [0.4, 0.5) is 8.78 Å². The summed E-state index contributed by atoms with van der Waals surface area (Å²) in [5.74, 6) is -0.841. The average Bonchev–Trinajstić information content (AvgIpc) is 2.60. The summed E-state index contributed by atoms with van der Waals surface area (Å²) < 4.78 is 27.0. The second-order valence-electron chi connectivity index (χ2n) is 6.88. The molecule has 1 aromatic rings. The molecule has 0 unspecified atom stereocenters. The van der Waals surface area contributed by atoms with Crippen LogP contribution >= 0.6 is 0 Å². The first kappa shape index (κ1) is 20.4. The number of nitrogens with one attached hydrogen (secondary N) is 2. The van der Waals surface area contributed by atoms with Crippen molar-refractivity contribution in [2.75, 3.05) is 32.7 Å². The lowest BCUT2D eigenvalue weighted by atomic mass is 10.0. The highest BCUT2D eigenvalue weighted by Gasteiger charge is 2.19. The molecule has 1 heterocycles. The summed E-state index contributed by atoms with van der Waals surface area (Å²) >= 11 is 0. The monoisotopic (exact) mass is 364 g/mol. The molecule has 1 saturated heterocycles. The summed E-state index contributed by atoms with van der Waals surface area (Å²) in [6.45, 7) is 12.2. The largest absolute Gasteiger partial charge is 0.357 e. The molecule has 0 radical (unpaired) electrons. The molecule has 1 aliphatic rings. The van der Waals surface area contributed by atoms with Gasteiger partial charge in [-0.05, 0) is 44.7 Å². The van der Waals surface area contributed by atoms with E-state index in [0.29, 0.717) is 24.6 Å². The van der Waals surface area contributed by atoms with E-state index < -0.39 is 11.6 Å². The summed E-state index contributed by atoms with van der Waals surface area (Å²) in [5, 5.41) is 6.69. The van der Waals surface area contributed by atoms with Crippen LogP contribution in [0.2, 0.25) is 0 Å². The molecule has 0 atom stereocenters. The van der Waals surface area contributed by atoms with Crippen molar-refractivity contribution in [2.45, 2.75) is 39.2 Å². The lowest BCUT2D eigenvalue weighted by molar-refractivity contribution is 0.221. The van der Waals surface area contributed by atoms with Crippen molar-refractivity contribution in [1.29, 1.82) is 0 Å². The van der Waals surface area contributed by atoms with Crippen molar-refractivity contribution in [3.8, 4) is 0 Å². The minimum atomic E-state index is -0.807. The van der Waals surface area contributed by atoms with E-state index in [0.717, 1.165) is 51.0 Å². The maximum absolute atomic E-state index is 13.7. The predicted octanol–water partition coefficient (Wildman–Crippen LogP) is 3.10. The Morgan fingerprint density at radius 2 is 2.04 bits per heavy atom. The number of benzene rings is 1. The number of halogens is 2. The molecular formula is C20H30F2N4. The van der Waals surface area contributed by atoms with Crippen LogP contribution in [0.15, 0.2) is 35.3 Å². The molecule has 4 nitrogen and oxygen atoms in total. The van der Waals surface area contributed by atoms with Gasteiger partial charge < -0.3 is 10.6 Å². The van der Waals surface area contributed by atoms with E-state index in [1.165, 1.54) is 11.6 Å². The molecule has 1 fully saturated rings. The number of hydrogen-bond acceptors (Lipinski definition) is 2. The second-order valence-corrected chi connectivity index (χ2v) is 6.88. The molecule has 6 heteroatoms. The molecule has 1 aromatic carbocycles. The van der Waals surface area contributed by atoms with E-state index in [9.17, 15) is 8.78 Å². The van der Waals surface area contributed by atoms with E-state index in [-0.39, 0.29) is 0 Å². The summed E-state index contributed by atoms with van der Waals surface area (Å²) in [6.07, 6.45) is 2.48. The normalized spacial score (nSPS) is 16.5. The van der Waals surface area contributed by atoms with Crippen molar-refractivity contribution in [3.05, 3.63) is 47.5 Å². The topological polar surface area (TPSA) is 39.7 Å². The lowest BCUT2D eigenvalue weighted by Gasteiger charge is -2.33.